The molecule has 1 aliphatic heterocycles. The van der Waals surface area contributed by atoms with E-state index in [9.17, 15) is 0 Å². The van der Waals surface area contributed by atoms with E-state index >= 15 is 0 Å². The zero-order valence-electron chi connectivity index (χ0n) is 21.0. The summed E-state index contributed by atoms with van der Waals surface area (Å²) < 4.78 is 2.60. The lowest BCUT2D eigenvalue weighted by Crippen LogP contribution is -2.62. The molecule has 0 N–H and O–H groups in total. The van der Waals surface area contributed by atoms with Crippen molar-refractivity contribution in [1.29, 1.82) is 0 Å². The van der Waals surface area contributed by atoms with Crippen LogP contribution in [0.4, 0.5) is 0 Å². The number of hydrogen-bond acceptors (Lipinski definition) is 0. The SMILES string of the molecule is CCCCc1cc(C)c(-c2ccc3c(c2)-c2cccc[n+]2C(CC)(CC)C3CC)cc1C. The van der Waals surface area contributed by atoms with Gasteiger partial charge in [0.15, 0.2) is 11.7 Å². The van der Waals surface area contributed by atoms with Crippen LogP contribution in [-0.4, -0.2) is 0 Å². The molecule has 1 aliphatic rings. The molecule has 1 atom stereocenters. The van der Waals surface area contributed by atoms with Gasteiger partial charge in [0.2, 0.25) is 5.69 Å². The Hall–Kier alpha value is -2.41. The van der Waals surface area contributed by atoms with Gasteiger partial charge in [-0.3, -0.25) is 0 Å². The van der Waals surface area contributed by atoms with Crippen LogP contribution in [0.5, 0.6) is 0 Å². The van der Waals surface area contributed by atoms with E-state index in [0.717, 1.165) is 12.8 Å². The molecule has 1 heteroatoms. The molecule has 2 heterocycles. The minimum absolute atomic E-state index is 0.160. The van der Waals surface area contributed by atoms with Crippen molar-refractivity contribution in [3.05, 3.63) is 77.0 Å². The maximum absolute atomic E-state index is 2.60. The van der Waals surface area contributed by atoms with Crippen LogP contribution in [0.1, 0.15) is 88.0 Å². The number of pyridine rings is 1. The predicted molar refractivity (Wildman–Crippen MR) is 137 cm³/mol. The summed E-state index contributed by atoms with van der Waals surface area (Å²) >= 11 is 0. The second-order valence-corrected chi connectivity index (χ2v) is 9.73. The number of hydrogen-bond donors (Lipinski definition) is 0. The van der Waals surface area contributed by atoms with E-state index in [-0.39, 0.29) is 5.54 Å². The average molecular weight is 427 g/mol. The second kappa shape index (κ2) is 9.22. The van der Waals surface area contributed by atoms with Crippen LogP contribution >= 0.6 is 0 Å². The third-order valence-electron chi connectivity index (χ3n) is 8.12. The molecule has 0 spiro atoms. The summed E-state index contributed by atoms with van der Waals surface area (Å²) in [6.07, 6.45) is 9.49. The molecular formula is C31H40N+. The minimum Gasteiger partial charge on any atom is -0.192 e. The van der Waals surface area contributed by atoms with Crippen LogP contribution < -0.4 is 4.57 Å². The normalized spacial score (nSPS) is 16.5. The first-order chi connectivity index (χ1) is 15.5. The van der Waals surface area contributed by atoms with E-state index in [4.69, 9.17) is 0 Å². The Morgan fingerprint density at radius 1 is 0.844 bits per heavy atom. The summed E-state index contributed by atoms with van der Waals surface area (Å²) in [5, 5.41) is 0. The Morgan fingerprint density at radius 2 is 1.62 bits per heavy atom. The molecule has 0 amide bonds. The van der Waals surface area contributed by atoms with E-state index in [1.807, 2.05) is 0 Å². The zero-order chi connectivity index (χ0) is 22.9. The molecule has 2 aromatic carbocycles. The molecule has 0 radical (unpaired) electrons. The number of unbranched alkanes of at least 4 members (excludes halogenated alkanes) is 1. The first-order valence-corrected chi connectivity index (χ1v) is 12.8. The monoisotopic (exact) mass is 426 g/mol. The maximum Gasteiger partial charge on any atom is 0.213 e. The van der Waals surface area contributed by atoms with Gasteiger partial charge in [-0.2, -0.15) is 4.57 Å². The van der Waals surface area contributed by atoms with Gasteiger partial charge in [-0.15, -0.1) is 0 Å². The van der Waals surface area contributed by atoms with E-state index in [2.05, 4.69) is 101 Å². The van der Waals surface area contributed by atoms with Gasteiger partial charge < -0.3 is 0 Å². The van der Waals surface area contributed by atoms with Crippen molar-refractivity contribution >= 4 is 0 Å². The largest absolute Gasteiger partial charge is 0.213 e. The van der Waals surface area contributed by atoms with Crippen molar-refractivity contribution in [3.63, 3.8) is 0 Å². The van der Waals surface area contributed by atoms with Gasteiger partial charge in [-0.25, -0.2) is 0 Å². The Kier molecular flexibility index (Phi) is 6.56. The van der Waals surface area contributed by atoms with E-state index in [1.165, 1.54) is 70.3 Å². The molecule has 4 rings (SSSR count). The van der Waals surface area contributed by atoms with Gasteiger partial charge >= 0.3 is 0 Å². The van der Waals surface area contributed by atoms with Gasteiger partial charge in [-0.05, 0) is 78.6 Å². The zero-order valence-corrected chi connectivity index (χ0v) is 21.0. The van der Waals surface area contributed by atoms with E-state index in [1.54, 1.807) is 0 Å². The van der Waals surface area contributed by atoms with Crippen LogP contribution in [0.15, 0.2) is 54.7 Å². The summed E-state index contributed by atoms with van der Waals surface area (Å²) in [5.41, 5.74) is 11.5. The highest BCUT2D eigenvalue weighted by Crippen LogP contribution is 2.47. The van der Waals surface area contributed by atoms with E-state index < -0.39 is 0 Å². The number of aryl methyl sites for hydroxylation is 3. The van der Waals surface area contributed by atoms with Crippen molar-refractivity contribution in [1.82, 2.24) is 0 Å². The summed E-state index contributed by atoms with van der Waals surface area (Å²) in [6.45, 7) is 13.9. The predicted octanol–water partition coefficient (Wildman–Crippen LogP) is 8.29. The number of aromatic nitrogens is 1. The van der Waals surface area contributed by atoms with Crippen LogP contribution in [-0.2, 0) is 12.0 Å². The molecule has 32 heavy (non-hydrogen) atoms. The molecular weight excluding hydrogens is 386 g/mol. The van der Waals surface area contributed by atoms with Crippen molar-refractivity contribution in [2.45, 2.75) is 91.5 Å². The van der Waals surface area contributed by atoms with Crippen LogP contribution in [0.25, 0.3) is 22.4 Å². The molecule has 1 unspecified atom stereocenters. The lowest BCUT2D eigenvalue weighted by atomic mass is 9.69. The highest BCUT2D eigenvalue weighted by molar-refractivity contribution is 5.76. The summed E-state index contributed by atoms with van der Waals surface area (Å²) in [5.74, 6) is 0.542. The number of fused-ring (bicyclic) bond motifs is 3. The minimum atomic E-state index is 0.160. The van der Waals surface area contributed by atoms with Gasteiger partial charge in [0.1, 0.15) is 0 Å². The van der Waals surface area contributed by atoms with Gasteiger partial charge in [-0.1, -0.05) is 58.4 Å². The van der Waals surface area contributed by atoms with Crippen LogP contribution in [0.2, 0.25) is 0 Å². The first-order valence-electron chi connectivity index (χ1n) is 12.8. The standard InChI is InChI=1S/C31H40N/c1-7-11-14-24-19-23(6)27(20-22(24)5)25-16-17-26-28(21-25)30-15-12-13-18-32(30)31(9-3,10-4)29(26)8-2/h12-13,15-21,29H,7-11,14H2,1-6H3/q+1. The smallest absolute Gasteiger partial charge is 0.192 e. The van der Waals surface area contributed by atoms with Gasteiger partial charge in [0.05, 0.1) is 5.56 Å². The molecule has 0 saturated heterocycles. The quantitative estimate of drug-likeness (QED) is 0.335. The van der Waals surface area contributed by atoms with Crippen molar-refractivity contribution < 1.29 is 4.57 Å². The van der Waals surface area contributed by atoms with Crippen molar-refractivity contribution in [2.24, 2.45) is 0 Å². The van der Waals surface area contributed by atoms with Gasteiger partial charge in [0.25, 0.3) is 0 Å². The Bertz CT molecular complexity index is 1100. The molecule has 1 nitrogen and oxygen atoms in total. The third-order valence-corrected chi connectivity index (χ3v) is 8.12. The van der Waals surface area contributed by atoms with Crippen molar-refractivity contribution in [3.8, 4) is 22.4 Å². The Labute approximate surface area is 195 Å². The average Bonchev–Trinajstić information content (AvgIpc) is 2.83. The second-order valence-electron chi connectivity index (χ2n) is 9.73. The number of rotatable bonds is 7. The molecule has 1 aromatic heterocycles. The van der Waals surface area contributed by atoms with Crippen LogP contribution in [0, 0.1) is 13.8 Å². The Morgan fingerprint density at radius 3 is 2.31 bits per heavy atom. The first kappa shape index (κ1) is 22.8. The molecule has 0 aliphatic carbocycles. The Balaban J connectivity index is 1.87. The molecule has 3 aromatic rings. The lowest BCUT2D eigenvalue weighted by Gasteiger charge is -2.39. The van der Waals surface area contributed by atoms with E-state index in [0.29, 0.717) is 5.92 Å². The molecule has 0 fully saturated rings. The molecule has 0 bridgehead atoms. The number of benzene rings is 2. The highest BCUT2D eigenvalue weighted by Gasteiger charge is 2.50. The maximum atomic E-state index is 2.60. The summed E-state index contributed by atoms with van der Waals surface area (Å²) in [6, 6.07) is 18.8. The third kappa shape index (κ3) is 3.60. The highest BCUT2D eigenvalue weighted by atomic mass is 15.1. The fraction of sp³-hybridized carbons (Fsp3) is 0.452. The molecule has 168 valence electrons. The fourth-order valence-corrected chi connectivity index (χ4v) is 6.26. The van der Waals surface area contributed by atoms with Crippen molar-refractivity contribution in [2.75, 3.05) is 0 Å². The van der Waals surface area contributed by atoms with Crippen LogP contribution in [0.3, 0.4) is 0 Å². The summed E-state index contributed by atoms with van der Waals surface area (Å²) in [7, 11) is 0. The lowest BCUT2D eigenvalue weighted by molar-refractivity contribution is -0.762. The number of nitrogens with zero attached hydrogens (tertiary/aromatic N) is 1. The van der Waals surface area contributed by atoms with Gasteiger partial charge in [0, 0.05) is 30.9 Å². The molecule has 0 saturated carbocycles. The fourth-order valence-electron chi connectivity index (χ4n) is 6.26. The summed E-state index contributed by atoms with van der Waals surface area (Å²) in [4.78, 5) is 0. The topological polar surface area (TPSA) is 3.88 Å².